The van der Waals surface area contributed by atoms with Crippen LogP contribution in [0.15, 0.2) is 53.3 Å². The van der Waals surface area contributed by atoms with Crippen LogP contribution in [0.4, 0.5) is 0 Å². The Balaban J connectivity index is 1.72. The molecule has 0 radical (unpaired) electrons. The SMILES string of the molecule is Cc1cc(C(=O)NNC(=O)c2cncn2-c2ccccc2)c(C)o1. The number of furan rings is 1. The molecule has 0 aliphatic heterocycles. The Morgan fingerprint density at radius 3 is 2.46 bits per heavy atom. The largest absolute Gasteiger partial charge is 0.466 e. The van der Waals surface area contributed by atoms with E-state index in [2.05, 4.69) is 15.8 Å². The fourth-order valence-corrected chi connectivity index (χ4v) is 2.36. The third-order valence-electron chi connectivity index (χ3n) is 3.48. The normalized spacial score (nSPS) is 10.4. The van der Waals surface area contributed by atoms with E-state index in [9.17, 15) is 9.59 Å². The molecule has 7 nitrogen and oxygen atoms in total. The van der Waals surface area contributed by atoms with Crippen molar-refractivity contribution < 1.29 is 14.0 Å². The summed E-state index contributed by atoms with van der Waals surface area (Å²) in [7, 11) is 0. The second-order valence-electron chi connectivity index (χ2n) is 5.22. The van der Waals surface area contributed by atoms with Crippen molar-refractivity contribution in [2.45, 2.75) is 13.8 Å². The van der Waals surface area contributed by atoms with Crippen molar-refractivity contribution in [3.8, 4) is 5.69 Å². The van der Waals surface area contributed by atoms with E-state index in [-0.39, 0.29) is 0 Å². The number of para-hydroxylation sites is 1. The molecule has 0 fully saturated rings. The third-order valence-corrected chi connectivity index (χ3v) is 3.48. The van der Waals surface area contributed by atoms with Crippen LogP contribution < -0.4 is 10.9 Å². The van der Waals surface area contributed by atoms with Crippen LogP contribution in [0.3, 0.4) is 0 Å². The van der Waals surface area contributed by atoms with Crippen molar-refractivity contribution in [1.82, 2.24) is 20.4 Å². The van der Waals surface area contributed by atoms with E-state index in [1.807, 2.05) is 30.3 Å². The van der Waals surface area contributed by atoms with Crippen LogP contribution in [0, 0.1) is 13.8 Å². The molecule has 3 aromatic rings. The molecule has 0 saturated heterocycles. The van der Waals surface area contributed by atoms with Crippen LogP contribution in [-0.4, -0.2) is 21.4 Å². The zero-order chi connectivity index (χ0) is 17.1. The average Bonchev–Trinajstić information content (AvgIpc) is 3.19. The molecule has 0 bridgehead atoms. The maximum absolute atomic E-state index is 12.3. The minimum atomic E-state index is -0.470. The molecule has 24 heavy (non-hydrogen) atoms. The van der Waals surface area contributed by atoms with Crippen molar-refractivity contribution in [2.24, 2.45) is 0 Å². The van der Waals surface area contributed by atoms with Gasteiger partial charge >= 0.3 is 0 Å². The lowest BCUT2D eigenvalue weighted by Crippen LogP contribution is -2.42. The number of aryl methyl sites for hydroxylation is 2. The number of nitrogens with one attached hydrogen (secondary N) is 2. The predicted molar refractivity (Wildman–Crippen MR) is 86.7 cm³/mol. The lowest BCUT2D eigenvalue weighted by Gasteiger charge is -2.09. The zero-order valence-corrected chi connectivity index (χ0v) is 13.2. The van der Waals surface area contributed by atoms with Gasteiger partial charge in [-0.2, -0.15) is 0 Å². The molecule has 122 valence electrons. The van der Waals surface area contributed by atoms with Crippen LogP contribution in [0.2, 0.25) is 0 Å². The first-order valence-corrected chi connectivity index (χ1v) is 7.32. The fraction of sp³-hybridized carbons (Fsp3) is 0.118. The van der Waals surface area contributed by atoms with E-state index < -0.39 is 11.8 Å². The molecular weight excluding hydrogens is 308 g/mol. The molecule has 1 aromatic carbocycles. The predicted octanol–water partition coefficient (Wildman–Crippen LogP) is 2.16. The van der Waals surface area contributed by atoms with Gasteiger partial charge in [-0.1, -0.05) is 18.2 Å². The fourth-order valence-electron chi connectivity index (χ4n) is 2.36. The maximum atomic E-state index is 12.3. The molecule has 0 aliphatic rings. The molecule has 2 N–H and O–H groups in total. The van der Waals surface area contributed by atoms with Crippen LogP contribution in [0.25, 0.3) is 5.69 Å². The summed E-state index contributed by atoms with van der Waals surface area (Å²) in [5.41, 5.74) is 6.25. The zero-order valence-electron chi connectivity index (χ0n) is 13.2. The number of hydrazine groups is 1. The average molecular weight is 324 g/mol. The Kier molecular flexibility index (Phi) is 4.15. The van der Waals surface area contributed by atoms with E-state index in [4.69, 9.17) is 4.42 Å². The molecule has 0 unspecified atom stereocenters. The van der Waals surface area contributed by atoms with Gasteiger partial charge in [0, 0.05) is 5.69 Å². The molecule has 0 aliphatic carbocycles. The van der Waals surface area contributed by atoms with Gasteiger partial charge in [0.2, 0.25) is 0 Å². The van der Waals surface area contributed by atoms with Gasteiger partial charge < -0.3 is 4.42 Å². The second kappa shape index (κ2) is 6.41. The number of amides is 2. The lowest BCUT2D eigenvalue weighted by atomic mass is 10.2. The Labute approximate surface area is 138 Å². The van der Waals surface area contributed by atoms with Crippen LogP contribution >= 0.6 is 0 Å². The third kappa shape index (κ3) is 3.05. The number of benzene rings is 1. The first kappa shape index (κ1) is 15.5. The number of carbonyl (C=O) groups is 2. The van der Waals surface area contributed by atoms with Gasteiger partial charge in [-0.25, -0.2) is 4.98 Å². The number of hydrogen-bond acceptors (Lipinski definition) is 4. The van der Waals surface area contributed by atoms with E-state index in [0.29, 0.717) is 22.8 Å². The number of aromatic nitrogens is 2. The van der Waals surface area contributed by atoms with E-state index in [1.54, 1.807) is 24.5 Å². The van der Waals surface area contributed by atoms with Gasteiger partial charge in [0.1, 0.15) is 17.2 Å². The topological polar surface area (TPSA) is 89.2 Å². The monoisotopic (exact) mass is 324 g/mol. The summed E-state index contributed by atoms with van der Waals surface area (Å²) in [6.45, 7) is 3.44. The molecule has 3 rings (SSSR count). The molecule has 2 amide bonds. The summed E-state index contributed by atoms with van der Waals surface area (Å²) in [6.07, 6.45) is 2.97. The summed E-state index contributed by atoms with van der Waals surface area (Å²) < 4.78 is 6.94. The van der Waals surface area contributed by atoms with Crippen molar-refractivity contribution in [1.29, 1.82) is 0 Å². The number of nitrogens with zero attached hydrogens (tertiary/aromatic N) is 2. The minimum absolute atomic E-state index is 0.307. The van der Waals surface area contributed by atoms with Gasteiger partial charge in [-0.15, -0.1) is 0 Å². The quantitative estimate of drug-likeness (QED) is 0.723. The number of imidazole rings is 1. The number of hydrogen-bond donors (Lipinski definition) is 2. The highest BCUT2D eigenvalue weighted by atomic mass is 16.3. The van der Waals surface area contributed by atoms with Crippen molar-refractivity contribution in [2.75, 3.05) is 0 Å². The summed E-state index contributed by atoms with van der Waals surface area (Å²) in [5, 5.41) is 0. The second-order valence-corrected chi connectivity index (χ2v) is 5.22. The molecule has 0 atom stereocenters. The molecule has 2 aromatic heterocycles. The van der Waals surface area contributed by atoms with Gasteiger partial charge in [-0.05, 0) is 32.0 Å². The van der Waals surface area contributed by atoms with Crippen LogP contribution in [0.1, 0.15) is 32.4 Å². The highest BCUT2D eigenvalue weighted by Crippen LogP contribution is 2.13. The molecule has 0 spiro atoms. The summed E-state index contributed by atoms with van der Waals surface area (Å²) in [4.78, 5) is 28.4. The smallest absolute Gasteiger partial charge is 0.288 e. The van der Waals surface area contributed by atoms with Gasteiger partial charge in [0.05, 0.1) is 18.1 Å². The number of rotatable bonds is 3. The molecular formula is C17H16N4O3. The highest BCUT2D eigenvalue weighted by molar-refractivity contribution is 5.99. The number of carbonyl (C=O) groups excluding carboxylic acids is 2. The first-order valence-electron chi connectivity index (χ1n) is 7.32. The highest BCUT2D eigenvalue weighted by Gasteiger charge is 2.17. The molecule has 2 heterocycles. The molecule has 0 saturated carbocycles. The van der Waals surface area contributed by atoms with E-state index in [1.165, 1.54) is 12.5 Å². The standard InChI is InChI=1S/C17H16N4O3/c1-11-8-14(12(2)24-11)16(22)19-20-17(23)15-9-18-10-21(15)13-6-4-3-5-7-13/h3-10H,1-2H3,(H,19,22)(H,20,23). The van der Waals surface area contributed by atoms with E-state index in [0.717, 1.165) is 5.69 Å². The van der Waals surface area contributed by atoms with Crippen LogP contribution in [0.5, 0.6) is 0 Å². The Bertz CT molecular complexity index is 880. The van der Waals surface area contributed by atoms with Crippen molar-refractivity contribution >= 4 is 11.8 Å². The Morgan fingerprint density at radius 2 is 1.79 bits per heavy atom. The first-order chi connectivity index (χ1) is 11.6. The lowest BCUT2D eigenvalue weighted by molar-refractivity contribution is 0.0842. The summed E-state index contributed by atoms with van der Waals surface area (Å²) in [5.74, 6) is 0.214. The summed E-state index contributed by atoms with van der Waals surface area (Å²) in [6, 6.07) is 10.9. The minimum Gasteiger partial charge on any atom is -0.466 e. The Hall–Kier alpha value is -3.35. The van der Waals surface area contributed by atoms with Gasteiger partial charge in [0.15, 0.2) is 0 Å². The van der Waals surface area contributed by atoms with Crippen LogP contribution in [-0.2, 0) is 0 Å². The van der Waals surface area contributed by atoms with Gasteiger partial charge in [-0.3, -0.25) is 25.0 Å². The summed E-state index contributed by atoms with van der Waals surface area (Å²) >= 11 is 0. The van der Waals surface area contributed by atoms with E-state index >= 15 is 0 Å². The molecule has 7 heteroatoms. The van der Waals surface area contributed by atoms with Crippen molar-refractivity contribution in [3.05, 3.63) is 71.7 Å². The van der Waals surface area contributed by atoms with Crippen molar-refractivity contribution in [3.63, 3.8) is 0 Å². The maximum Gasteiger partial charge on any atom is 0.288 e. The van der Waals surface area contributed by atoms with Gasteiger partial charge in [0.25, 0.3) is 11.8 Å². The Morgan fingerprint density at radius 1 is 1.08 bits per heavy atom.